The summed E-state index contributed by atoms with van der Waals surface area (Å²) >= 11 is 0. The molecule has 0 aromatic heterocycles. The second-order valence-electron chi connectivity index (χ2n) is 3.93. The normalized spacial score (nSPS) is 35.9. The molecule has 0 aliphatic heterocycles. The van der Waals surface area contributed by atoms with Gasteiger partial charge in [0, 0.05) is 19.7 Å². The van der Waals surface area contributed by atoms with Crippen LogP contribution in [0.2, 0.25) is 0 Å². The molecule has 3 N–H and O–H groups in total. The van der Waals surface area contributed by atoms with Crippen LogP contribution in [0.3, 0.4) is 0 Å². The Kier molecular flexibility index (Phi) is 5.41. The fourth-order valence-electron chi connectivity index (χ4n) is 2.12. The maximum absolute atomic E-state index is 11.1. The SMILES string of the molecule is COC[C@H]1C[C@@H](NC=N)C(O)C1O[PH](C)=O. The minimum atomic E-state index is -2.09. The Morgan fingerprint density at radius 3 is 2.88 bits per heavy atom. The van der Waals surface area contributed by atoms with Gasteiger partial charge in [-0.2, -0.15) is 0 Å². The second kappa shape index (κ2) is 6.35. The number of aliphatic hydroxyl groups excluding tert-OH is 1. The Morgan fingerprint density at radius 2 is 2.38 bits per heavy atom. The topological polar surface area (TPSA) is 91.6 Å². The second-order valence-corrected chi connectivity index (χ2v) is 5.15. The van der Waals surface area contributed by atoms with E-state index in [4.69, 9.17) is 14.7 Å². The minimum Gasteiger partial charge on any atom is -0.388 e. The molecular formula is C9H19N2O4P. The summed E-state index contributed by atoms with van der Waals surface area (Å²) in [6.07, 6.45) is 0.462. The summed E-state index contributed by atoms with van der Waals surface area (Å²) in [4.78, 5) is 0. The summed E-state index contributed by atoms with van der Waals surface area (Å²) in [6.45, 7) is 1.95. The molecule has 5 atom stereocenters. The zero-order valence-corrected chi connectivity index (χ0v) is 10.5. The van der Waals surface area contributed by atoms with Gasteiger partial charge in [-0.05, 0) is 6.42 Å². The van der Waals surface area contributed by atoms with E-state index in [0.29, 0.717) is 13.0 Å². The van der Waals surface area contributed by atoms with Crippen LogP contribution in [-0.4, -0.2) is 50.1 Å². The standard InChI is InChI=1S/C9H19N2O4P/c1-14-4-6-3-7(11-5-10)8(12)9(6)15-16(2)13/h5-9,12,16H,3-4H2,1-2H3,(H2,10,11)/t6-,7-,8?,9?/m1/s1. The predicted molar refractivity (Wildman–Crippen MR) is 61.5 cm³/mol. The summed E-state index contributed by atoms with van der Waals surface area (Å²) < 4.78 is 21.4. The van der Waals surface area contributed by atoms with E-state index < -0.39 is 20.2 Å². The molecule has 0 aromatic rings. The van der Waals surface area contributed by atoms with Crippen LogP contribution in [0.25, 0.3) is 0 Å². The van der Waals surface area contributed by atoms with Crippen LogP contribution in [0, 0.1) is 11.3 Å². The first-order chi connectivity index (χ1) is 7.60. The van der Waals surface area contributed by atoms with Crippen molar-refractivity contribution in [2.75, 3.05) is 20.4 Å². The highest BCUT2D eigenvalue weighted by Crippen LogP contribution is 2.34. The molecule has 1 saturated carbocycles. The van der Waals surface area contributed by atoms with Crippen molar-refractivity contribution >= 4 is 14.4 Å². The fraction of sp³-hybridized carbons (Fsp3) is 0.889. The minimum absolute atomic E-state index is 0.00588. The highest BCUT2D eigenvalue weighted by atomic mass is 31.1. The van der Waals surface area contributed by atoms with Gasteiger partial charge in [0.15, 0.2) is 8.03 Å². The molecule has 1 rings (SSSR count). The third kappa shape index (κ3) is 3.28. The van der Waals surface area contributed by atoms with Crippen LogP contribution < -0.4 is 5.32 Å². The number of rotatable bonds is 6. The number of methoxy groups -OCH3 is 1. The van der Waals surface area contributed by atoms with E-state index in [1.54, 1.807) is 7.11 Å². The molecule has 0 amide bonds. The van der Waals surface area contributed by atoms with E-state index in [0.717, 1.165) is 6.34 Å². The molecule has 3 unspecified atom stereocenters. The molecule has 0 radical (unpaired) electrons. The smallest absolute Gasteiger partial charge is 0.189 e. The molecule has 16 heavy (non-hydrogen) atoms. The Hall–Kier alpha value is -0.420. The zero-order valence-electron chi connectivity index (χ0n) is 9.47. The van der Waals surface area contributed by atoms with Gasteiger partial charge in [-0.25, -0.2) is 0 Å². The lowest BCUT2D eigenvalue weighted by molar-refractivity contribution is 0.0164. The van der Waals surface area contributed by atoms with Crippen molar-refractivity contribution in [3.05, 3.63) is 0 Å². The molecule has 1 aliphatic rings. The van der Waals surface area contributed by atoms with Crippen molar-refractivity contribution in [1.82, 2.24) is 5.32 Å². The van der Waals surface area contributed by atoms with Gasteiger partial charge < -0.3 is 19.7 Å². The highest BCUT2D eigenvalue weighted by Gasteiger charge is 2.43. The van der Waals surface area contributed by atoms with E-state index in [-0.39, 0.29) is 12.0 Å². The van der Waals surface area contributed by atoms with Crippen molar-refractivity contribution in [3.63, 3.8) is 0 Å². The molecular weight excluding hydrogens is 231 g/mol. The number of ether oxygens (including phenoxy) is 1. The van der Waals surface area contributed by atoms with Crippen molar-refractivity contribution in [1.29, 1.82) is 5.41 Å². The molecule has 1 fully saturated rings. The third-order valence-corrected chi connectivity index (χ3v) is 3.35. The van der Waals surface area contributed by atoms with Crippen LogP contribution in [0.5, 0.6) is 0 Å². The summed E-state index contributed by atoms with van der Waals surface area (Å²) in [6, 6.07) is -0.232. The summed E-state index contributed by atoms with van der Waals surface area (Å²) in [5.74, 6) is 0.00588. The highest BCUT2D eigenvalue weighted by molar-refractivity contribution is 7.38. The number of aliphatic hydroxyl groups is 1. The predicted octanol–water partition coefficient (Wildman–Crippen LogP) is 0.0686. The van der Waals surface area contributed by atoms with Crippen molar-refractivity contribution < 1.29 is 18.9 Å². The quantitative estimate of drug-likeness (QED) is 0.352. The molecule has 94 valence electrons. The Morgan fingerprint density at radius 1 is 1.69 bits per heavy atom. The Balaban J connectivity index is 2.67. The lowest BCUT2D eigenvalue weighted by atomic mass is 10.1. The molecule has 0 bridgehead atoms. The molecule has 6 nitrogen and oxygen atoms in total. The van der Waals surface area contributed by atoms with Gasteiger partial charge in [-0.3, -0.25) is 9.97 Å². The largest absolute Gasteiger partial charge is 0.388 e. The van der Waals surface area contributed by atoms with Gasteiger partial charge >= 0.3 is 0 Å². The summed E-state index contributed by atoms with van der Waals surface area (Å²) in [7, 11) is -0.510. The van der Waals surface area contributed by atoms with Crippen LogP contribution in [0.4, 0.5) is 0 Å². The van der Waals surface area contributed by atoms with Gasteiger partial charge in [-0.1, -0.05) is 0 Å². The Labute approximate surface area is 95.7 Å². The maximum atomic E-state index is 11.1. The monoisotopic (exact) mass is 250 g/mol. The van der Waals surface area contributed by atoms with Gasteiger partial charge in [-0.15, -0.1) is 0 Å². The summed E-state index contributed by atoms with van der Waals surface area (Å²) in [5.41, 5.74) is 0. The molecule has 0 heterocycles. The van der Waals surface area contributed by atoms with E-state index in [2.05, 4.69) is 5.32 Å². The Bertz CT molecular complexity index is 264. The van der Waals surface area contributed by atoms with Crippen molar-refractivity contribution in [2.24, 2.45) is 5.92 Å². The number of hydrogen-bond acceptors (Lipinski definition) is 5. The van der Waals surface area contributed by atoms with E-state index in [1.165, 1.54) is 6.66 Å². The van der Waals surface area contributed by atoms with Crippen LogP contribution in [0.15, 0.2) is 0 Å². The first kappa shape index (κ1) is 13.6. The summed E-state index contributed by atoms with van der Waals surface area (Å²) in [5, 5.41) is 19.7. The van der Waals surface area contributed by atoms with Gasteiger partial charge in [0.1, 0.15) is 6.10 Å². The lowest BCUT2D eigenvalue weighted by Crippen LogP contribution is -2.39. The van der Waals surface area contributed by atoms with Crippen molar-refractivity contribution in [2.45, 2.75) is 24.7 Å². The first-order valence-electron chi connectivity index (χ1n) is 5.19. The van der Waals surface area contributed by atoms with Crippen LogP contribution in [-0.2, 0) is 13.8 Å². The number of nitrogens with one attached hydrogen (secondary N) is 2. The van der Waals surface area contributed by atoms with E-state index >= 15 is 0 Å². The maximum Gasteiger partial charge on any atom is 0.189 e. The van der Waals surface area contributed by atoms with Crippen LogP contribution in [0.1, 0.15) is 6.42 Å². The van der Waals surface area contributed by atoms with Gasteiger partial charge in [0.25, 0.3) is 0 Å². The molecule has 1 aliphatic carbocycles. The molecule has 0 aromatic carbocycles. The fourth-order valence-corrected chi connectivity index (χ4v) is 2.83. The zero-order chi connectivity index (χ0) is 12.1. The number of hydrogen-bond donors (Lipinski definition) is 3. The van der Waals surface area contributed by atoms with Gasteiger partial charge in [0.05, 0.1) is 25.1 Å². The van der Waals surface area contributed by atoms with Crippen molar-refractivity contribution in [3.8, 4) is 0 Å². The molecule has 7 heteroatoms. The first-order valence-corrected chi connectivity index (χ1v) is 7.01. The third-order valence-electron chi connectivity index (χ3n) is 2.75. The molecule has 0 saturated heterocycles. The molecule has 0 spiro atoms. The van der Waals surface area contributed by atoms with Crippen LogP contribution >= 0.6 is 8.03 Å². The van der Waals surface area contributed by atoms with E-state index in [9.17, 15) is 9.67 Å². The lowest BCUT2D eigenvalue weighted by Gasteiger charge is -2.21. The average Bonchev–Trinajstić information content (AvgIpc) is 2.47. The van der Waals surface area contributed by atoms with E-state index in [1.807, 2.05) is 0 Å². The average molecular weight is 250 g/mol. The van der Waals surface area contributed by atoms with Gasteiger partial charge in [0.2, 0.25) is 0 Å².